The number of nitrogens with one attached hydrogen (secondary N) is 1. The van der Waals surface area contributed by atoms with E-state index in [9.17, 15) is 4.80 Å². The molecule has 0 aromatic carbocycles. The molecule has 0 aliphatic rings. The second-order valence-electron chi connectivity index (χ2n) is 3.44. The van der Waals surface area contributed by atoms with Crippen molar-refractivity contribution in [2.24, 2.45) is 0 Å². The highest BCUT2D eigenvalue weighted by Gasteiger charge is 2.24. The van der Waals surface area contributed by atoms with E-state index >= 15 is 0 Å². The van der Waals surface area contributed by atoms with Gasteiger partial charge in [0, 0.05) is 7.11 Å². The average Bonchev–Trinajstić information content (AvgIpc) is 1.87. The van der Waals surface area contributed by atoms with Crippen LogP contribution < -0.4 is 4.90 Å². The van der Waals surface area contributed by atoms with E-state index in [0.29, 0.717) is 0 Å². The molecular formula is C7H20NO2Si+. The Balaban J connectivity index is 3.38. The SMILES string of the molecule is CO[Si](C)(O)CCC[NH+](C)C. The van der Waals surface area contributed by atoms with Crippen LogP contribution in [0.25, 0.3) is 0 Å². The Bertz CT molecular complexity index is 107. The third kappa shape index (κ3) is 6.49. The molecule has 2 N–H and O–H groups in total. The lowest BCUT2D eigenvalue weighted by Gasteiger charge is -2.17. The van der Waals surface area contributed by atoms with Gasteiger partial charge in [-0.2, -0.15) is 0 Å². The van der Waals surface area contributed by atoms with Crippen LogP contribution in [-0.2, 0) is 4.43 Å². The molecule has 0 saturated heterocycles. The third-order valence-electron chi connectivity index (χ3n) is 1.76. The summed E-state index contributed by atoms with van der Waals surface area (Å²) in [5.41, 5.74) is 0. The van der Waals surface area contributed by atoms with Crippen molar-refractivity contribution < 1.29 is 14.1 Å². The molecule has 1 unspecified atom stereocenters. The molecule has 0 bridgehead atoms. The number of hydrogen-bond donors (Lipinski definition) is 2. The van der Waals surface area contributed by atoms with E-state index in [1.807, 2.05) is 6.55 Å². The van der Waals surface area contributed by atoms with E-state index in [1.54, 1.807) is 7.11 Å². The van der Waals surface area contributed by atoms with Crippen LogP contribution in [0, 0.1) is 0 Å². The highest BCUT2D eigenvalue weighted by Crippen LogP contribution is 2.07. The fourth-order valence-electron chi connectivity index (χ4n) is 0.872. The Morgan fingerprint density at radius 2 is 2.00 bits per heavy atom. The predicted molar refractivity (Wildman–Crippen MR) is 47.9 cm³/mol. The summed E-state index contributed by atoms with van der Waals surface area (Å²) in [5, 5.41) is 0. The molecule has 0 spiro atoms. The van der Waals surface area contributed by atoms with Crippen molar-refractivity contribution in [2.75, 3.05) is 27.7 Å². The molecule has 0 amide bonds. The maximum atomic E-state index is 9.54. The smallest absolute Gasteiger partial charge is 0.332 e. The first-order chi connectivity index (χ1) is 4.98. The van der Waals surface area contributed by atoms with Gasteiger partial charge in [0.1, 0.15) is 0 Å². The van der Waals surface area contributed by atoms with Gasteiger partial charge < -0.3 is 14.1 Å². The van der Waals surface area contributed by atoms with Crippen LogP contribution in [0.2, 0.25) is 12.6 Å². The topological polar surface area (TPSA) is 33.9 Å². The van der Waals surface area contributed by atoms with Crippen LogP contribution in [0.4, 0.5) is 0 Å². The molecule has 4 heteroatoms. The highest BCUT2D eigenvalue weighted by molar-refractivity contribution is 6.64. The van der Waals surface area contributed by atoms with Crippen LogP contribution in [0.3, 0.4) is 0 Å². The summed E-state index contributed by atoms with van der Waals surface area (Å²) in [6.45, 7) is 2.94. The van der Waals surface area contributed by atoms with Crippen molar-refractivity contribution in [3.63, 3.8) is 0 Å². The summed E-state index contributed by atoms with van der Waals surface area (Å²) in [6.07, 6.45) is 1.05. The van der Waals surface area contributed by atoms with Crippen molar-refractivity contribution in [3.8, 4) is 0 Å². The lowest BCUT2D eigenvalue weighted by Crippen LogP contribution is -3.05. The van der Waals surface area contributed by atoms with Gasteiger partial charge in [-0.15, -0.1) is 0 Å². The Morgan fingerprint density at radius 3 is 2.36 bits per heavy atom. The molecule has 0 rings (SSSR count). The molecule has 1 atom stereocenters. The molecule has 3 nitrogen and oxygen atoms in total. The van der Waals surface area contributed by atoms with Gasteiger partial charge in [-0.05, 0) is 19.0 Å². The zero-order chi connectivity index (χ0) is 8.91. The Kier molecular flexibility index (Phi) is 4.91. The summed E-state index contributed by atoms with van der Waals surface area (Å²) in [7, 11) is 3.56. The Labute approximate surface area is 70.2 Å². The summed E-state index contributed by atoms with van der Waals surface area (Å²) < 4.78 is 5.00. The maximum absolute atomic E-state index is 9.54. The van der Waals surface area contributed by atoms with Gasteiger partial charge in [0.05, 0.1) is 20.6 Å². The molecule has 68 valence electrons. The van der Waals surface area contributed by atoms with Crippen LogP contribution in [0.5, 0.6) is 0 Å². The van der Waals surface area contributed by atoms with Gasteiger partial charge in [0.25, 0.3) is 0 Å². The zero-order valence-electron chi connectivity index (χ0n) is 7.98. The molecule has 11 heavy (non-hydrogen) atoms. The minimum atomic E-state index is -2.26. The van der Waals surface area contributed by atoms with Gasteiger partial charge >= 0.3 is 8.56 Å². The minimum absolute atomic E-state index is 0.842. The first-order valence-corrected chi connectivity index (χ1v) is 6.61. The van der Waals surface area contributed by atoms with Gasteiger partial charge in [-0.3, -0.25) is 0 Å². The van der Waals surface area contributed by atoms with Gasteiger partial charge in [-0.1, -0.05) is 0 Å². The Hall–Kier alpha value is 0.0969. The quantitative estimate of drug-likeness (QED) is 0.542. The first kappa shape index (κ1) is 11.1. The molecule has 0 saturated carbocycles. The second kappa shape index (κ2) is 4.87. The van der Waals surface area contributed by atoms with Gasteiger partial charge in [-0.25, -0.2) is 0 Å². The Morgan fingerprint density at radius 1 is 1.45 bits per heavy atom. The van der Waals surface area contributed by atoms with Crippen molar-refractivity contribution in [1.29, 1.82) is 0 Å². The molecule has 0 fully saturated rings. The number of rotatable bonds is 5. The molecule has 0 radical (unpaired) electrons. The molecule has 0 aliphatic carbocycles. The summed E-state index contributed by atoms with van der Waals surface area (Å²) >= 11 is 0. The van der Waals surface area contributed by atoms with Crippen molar-refractivity contribution in [3.05, 3.63) is 0 Å². The van der Waals surface area contributed by atoms with Crippen LogP contribution in [-0.4, -0.2) is 41.1 Å². The highest BCUT2D eigenvalue weighted by atomic mass is 28.4. The van der Waals surface area contributed by atoms with E-state index in [4.69, 9.17) is 4.43 Å². The molecule has 0 aromatic rings. The summed E-state index contributed by atoms with van der Waals surface area (Å²) in [6, 6.07) is 0.842. The standard InChI is InChI=1S/C7H19NO2Si/c1-8(2)6-5-7-11(4,9)10-3/h9H,5-7H2,1-4H3/p+1. The lowest BCUT2D eigenvalue weighted by atomic mass is 10.5. The largest absolute Gasteiger partial charge is 0.411 e. The average molecular weight is 178 g/mol. The lowest BCUT2D eigenvalue weighted by molar-refractivity contribution is -0.858. The van der Waals surface area contributed by atoms with Crippen LogP contribution in [0.15, 0.2) is 0 Å². The summed E-state index contributed by atoms with van der Waals surface area (Å²) in [4.78, 5) is 11.0. The van der Waals surface area contributed by atoms with Crippen molar-refractivity contribution >= 4 is 8.56 Å². The normalized spacial score (nSPS) is 16.9. The van der Waals surface area contributed by atoms with E-state index in [1.165, 1.54) is 4.90 Å². The predicted octanol–water partition coefficient (Wildman–Crippen LogP) is -0.768. The third-order valence-corrected chi connectivity index (χ3v) is 3.92. The fourth-order valence-corrected chi connectivity index (χ4v) is 1.91. The van der Waals surface area contributed by atoms with Gasteiger partial charge in [0.15, 0.2) is 0 Å². The first-order valence-electron chi connectivity index (χ1n) is 4.04. The van der Waals surface area contributed by atoms with Crippen molar-refractivity contribution in [1.82, 2.24) is 0 Å². The van der Waals surface area contributed by atoms with E-state index in [0.717, 1.165) is 19.0 Å². The second-order valence-corrected chi connectivity index (χ2v) is 6.70. The fraction of sp³-hybridized carbons (Fsp3) is 1.00. The van der Waals surface area contributed by atoms with Crippen LogP contribution in [0.1, 0.15) is 6.42 Å². The van der Waals surface area contributed by atoms with E-state index < -0.39 is 8.56 Å². The minimum Gasteiger partial charge on any atom is -0.411 e. The molecule has 0 heterocycles. The summed E-state index contributed by atoms with van der Waals surface area (Å²) in [5.74, 6) is 0. The number of hydrogen-bond acceptors (Lipinski definition) is 2. The zero-order valence-corrected chi connectivity index (χ0v) is 8.98. The monoisotopic (exact) mass is 178 g/mol. The molecule has 0 aliphatic heterocycles. The maximum Gasteiger partial charge on any atom is 0.332 e. The van der Waals surface area contributed by atoms with Crippen LogP contribution >= 0.6 is 0 Å². The van der Waals surface area contributed by atoms with Gasteiger partial charge in [0.2, 0.25) is 0 Å². The van der Waals surface area contributed by atoms with Crippen molar-refractivity contribution in [2.45, 2.75) is 19.0 Å². The molecule has 0 aromatic heterocycles. The van der Waals surface area contributed by atoms with E-state index in [-0.39, 0.29) is 0 Å². The molecular weight excluding hydrogens is 158 g/mol. The van der Waals surface area contributed by atoms with E-state index in [2.05, 4.69) is 14.1 Å². The number of quaternary nitrogens is 1.